The molecule has 4 rings (SSSR count). The van der Waals surface area contributed by atoms with Gasteiger partial charge >= 0.3 is 0 Å². The van der Waals surface area contributed by atoms with E-state index in [1.807, 2.05) is 31.2 Å². The van der Waals surface area contributed by atoms with Gasteiger partial charge in [0.05, 0.1) is 21.5 Å². The molecule has 0 saturated heterocycles. The molecule has 6 nitrogen and oxygen atoms in total. The molecular formula is C20H14Cl2N4O2S. The molecule has 0 unspecified atom stereocenters. The summed E-state index contributed by atoms with van der Waals surface area (Å²) in [4.78, 5) is 23.3. The first kappa shape index (κ1) is 19.7. The summed E-state index contributed by atoms with van der Waals surface area (Å²) in [6.45, 7) is 1.99. The van der Waals surface area contributed by atoms with Crippen molar-refractivity contribution in [1.29, 1.82) is 0 Å². The zero-order chi connectivity index (χ0) is 20.4. The number of carbonyl (C=O) groups excluding carboxylic acids is 1. The number of halogens is 2. The largest absolute Gasteiger partial charge is 0.339 e. The molecule has 2 heterocycles. The highest BCUT2D eigenvalue weighted by molar-refractivity contribution is 8.13. The van der Waals surface area contributed by atoms with Gasteiger partial charge in [0.25, 0.3) is 5.91 Å². The molecule has 3 aromatic rings. The van der Waals surface area contributed by atoms with E-state index < -0.39 is 0 Å². The average Bonchev–Trinajstić information content (AvgIpc) is 3.32. The number of amides is 1. The van der Waals surface area contributed by atoms with Gasteiger partial charge in [-0.15, -0.1) is 0 Å². The number of hydrogen-bond acceptors (Lipinski definition) is 6. The van der Waals surface area contributed by atoms with Crippen molar-refractivity contribution in [3.8, 4) is 0 Å². The maximum atomic E-state index is 13.1. The van der Waals surface area contributed by atoms with E-state index >= 15 is 0 Å². The highest BCUT2D eigenvalue weighted by atomic mass is 35.5. The molecule has 1 amide bonds. The topological polar surface area (TPSA) is 71.6 Å². The van der Waals surface area contributed by atoms with Crippen LogP contribution in [0.3, 0.4) is 0 Å². The highest BCUT2D eigenvalue weighted by Gasteiger charge is 2.32. The second-order valence-corrected chi connectivity index (χ2v) is 7.95. The highest BCUT2D eigenvalue weighted by Crippen LogP contribution is 2.31. The summed E-state index contributed by atoms with van der Waals surface area (Å²) >= 11 is 13.4. The van der Waals surface area contributed by atoms with Crippen LogP contribution in [0, 0.1) is 6.92 Å². The first-order valence-corrected chi connectivity index (χ1v) is 10.3. The van der Waals surface area contributed by atoms with Gasteiger partial charge in [-0.05, 0) is 42.8 Å². The molecule has 0 bridgehead atoms. The van der Waals surface area contributed by atoms with Crippen LogP contribution in [0.1, 0.15) is 17.0 Å². The van der Waals surface area contributed by atoms with E-state index in [0.717, 1.165) is 16.8 Å². The molecule has 0 aliphatic carbocycles. The predicted molar refractivity (Wildman–Crippen MR) is 116 cm³/mol. The van der Waals surface area contributed by atoms with Crippen molar-refractivity contribution in [2.24, 2.45) is 4.99 Å². The van der Waals surface area contributed by atoms with Gasteiger partial charge < -0.3 is 4.52 Å². The molecule has 146 valence electrons. The monoisotopic (exact) mass is 444 g/mol. The van der Waals surface area contributed by atoms with Crippen molar-refractivity contribution in [2.45, 2.75) is 12.7 Å². The van der Waals surface area contributed by atoms with Crippen LogP contribution in [0.2, 0.25) is 10.0 Å². The molecule has 29 heavy (non-hydrogen) atoms. The third kappa shape index (κ3) is 4.37. The number of benzene rings is 2. The molecular weight excluding hydrogens is 431 g/mol. The smallest absolute Gasteiger partial charge is 0.283 e. The van der Waals surface area contributed by atoms with Crippen LogP contribution >= 0.6 is 35.0 Å². The summed E-state index contributed by atoms with van der Waals surface area (Å²) in [5.74, 6) is 0.623. The molecule has 1 aromatic heterocycles. The van der Waals surface area contributed by atoms with Gasteiger partial charge in [0.15, 0.2) is 11.5 Å². The molecule has 0 fully saturated rings. The fourth-order valence-corrected chi connectivity index (χ4v) is 3.83. The molecule has 0 saturated carbocycles. The second-order valence-electron chi connectivity index (χ2n) is 6.20. The Kier molecular flexibility index (Phi) is 5.71. The third-order valence-electron chi connectivity index (χ3n) is 4.10. The van der Waals surface area contributed by atoms with Crippen LogP contribution in [0.5, 0.6) is 0 Å². The van der Waals surface area contributed by atoms with Crippen LogP contribution in [0.25, 0.3) is 6.08 Å². The van der Waals surface area contributed by atoms with Crippen molar-refractivity contribution < 1.29 is 9.32 Å². The number of hydrogen-bond donors (Lipinski definition) is 0. The van der Waals surface area contributed by atoms with E-state index in [0.29, 0.717) is 32.6 Å². The molecule has 1 aliphatic heterocycles. The zero-order valence-corrected chi connectivity index (χ0v) is 17.5. The second kappa shape index (κ2) is 8.41. The lowest BCUT2D eigenvalue weighted by Gasteiger charge is -2.17. The third-order valence-corrected chi connectivity index (χ3v) is 5.76. The Hall–Kier alpha value is -2.61. The molecule has 2 aromatic carbocycles. The van der Waals surface area contributed by atoms with Gasteiger partial charge in [0.1, 0.15) is 5.70 Å². The van der Waals surface area contributed by atoms with Gasteiger partial charge in [-0.2, -0.15) is 4.98 Å². The van der Waals surface area contributed by atoms with Crippen LogP contribution in [-0.2, 0) is 10.5 Å². The predicted octanol–water partition coefficient (Wildman–Crippen LogP) is 5.36. The van der Waals surface area contributed by atoms with E-state index in [-0.39, 0.29) is 5.91 Å². The van der Waals surface area contributed by atoms with Crippen LogP contribution < -0.4 is 4.90 Å². The molecule has 0 radical (unpaired) electrons. The molecule has 0 spiro atoms. The minimum absolute atomic E-state index is 0.229. The lowest BCUT2D eigenvalue weighted by atomic mass is 10.2. The zero-order valence-electron chi connectivity index (χ0n) is 15.2. The molecule has 0 atom stereocenters. The first-order chi connectivity index (χ1) is 14.0. The van der Waals surface area contributed by atoms with Crippen LogP contribution in [0.4, 0.5) is 5.69 Å². The SMILES string of the molecule is Cc1ccc(N2C(=O)C(=Cc3ccc(Cl)c(Cl)c3)N=C2SCc2ncno2)cc1. The van der Waals surface area contributed by atoms with Crippen molar-refractivity contribution in [1.82, 2.24) is 10.1 Å². The Bertz CT molecular complexity index is 1110. The van der Waals surface area contributed by atoms with E-state index in [2.05, 4.69) is 15.1 Å². The number of thioether (sulfide) groups is 1. The van der Waals surface area contributed by atoms with Gasteiger partial charge in [-0.3, -0.25) is 9.69 Å². The summed E-state index contributed by atoms with van der Waals surface area (Å²) in [5.41, 5.74) is 2.87. The van der Waals surface area contributed by atoms with Gasteiger partial charge in [-0.1, -0.05) is 63.9 Å². The van der Waals surface area contributed by atoms with Crippen molar-refractivity contribution in [3.05, 3.63) is 81.6 Å². The minimum atomic E-state index is -0.229. The fraction of sp³-hybridized carbons (Fsp3) is 0.100. The van der Waals surface area contributed by atoms with Gasteiger partial charge in [0.2, 0.25) is 5.89 Å². The Morgan fingerprint density at radius 3 is 2.62 bits per heavy atom. The summed E-state index contributed by atoms with van der Waals surface area (Å²) < 4.78 is 5.04. The average molecular weight is 445 g/mol. The van der Waals surface area contributed by atoms with Crippen molar-refractivity contribution in [2.75, 3.05) is 4.90 Å². The Labute approximate surface area is 181 Å². The summed E-state index contributed by atoms with van der Waals surface area (Å²) in [5, 5.41) is 5.00. The Balaban J connectivity index is 1.68. The molecule has 0 N–H and O–H groups in total. The summed E-state index contributed by atoms with van der Waals surface area (Å²) in [7, 11) is 0. The van der Waals surface area contributed by atoms with Crippen LogP contribution in [-0.4, -0.2) is 21.2 Å². The first-order valence-electron chi connectivity index (χ1n) is 8.56. The fourth-order valence-electron chi connectivity index (χ4n) is 2.66. The number of amidine groups is 1. The number of anilines is 1. The maximum Gasteiger partial charge on any atom is 0.283 e. The van der Waals surface area contributed by atoms with Gasteiger partial charge in [0, 0.05) is 0 Å². The number of aliphatic imine (C=N–C) groups is 1. The van der Waals surface area contributed by atoms with E-state index in [4.69, 9.17) is 27.7 Å². The lowest BCUT2D eigenvalue weighted by Crippen LogP contribution is -2.30. The molecule has 1 aliphatic rings. The van der Waals surface area contributed by atoms with E-state index in [1.54, 1.807) is 29.2 Å². The lowest BCUT2D eigenvalue weighted by molar-refractivity contribution is -0.113. The number of nitrogens with zero attached hydrogens (tertiary/aromatic N) is 4. The number of carbonyl (C=O) groups is 1. The Morgan fingerprint density at radius 1 is 1.14 bits per heavy atom. The Morgan fingerprint density at radius 2 is 1.93 bits per heavy atom. The van der Waals surface area contributed by atoms with Gasteiger partial charge in [-0.25, -0.2) is 4.99 Å². The van der Waals surface area contributed by atoms with Crippen molar-refractivity contribution in [3.63, 3.8) is 0 Å². The standard InChI is InChI=1S/C20H14Cl2N4O2S/c1-12-2-5-14(6-3-12)26-19(27)17(9-13-4-7-15(21)16(22)8-13)25-20(26)29-10-18-23-11-24-28-18/h2-9,11H,10H2,1H3. The normalized spacial score (nSPS) is 15.3. The van der Waals surface area contributed by atoms with Crippen LogP contribution in [0.15, 0.2) is 64.0 Å². The van der Waals surface area contributed by atoms with E-state index in [9.17, 15) is 4.79 Å². The van der Waals surface area contributed by atoms with E-state index in [1.165, 1.54) is 18.1 Å². The number of aromatic nitrogens is 2. The summed E-state index contributed by atoms with van der Waals surface area (Å²) in [6, 6.07) is 12.8. The maximum absolute atomic E-state index is 13.1. The minimum Gasteiger partial charge on any atom is -0.339 e. The van der Waals surface area contributed by atoms with Crippen molar-refractivity contribution >= 4 is 57.8 Å². The number of aryl methyl sites for hydroxylation is 1. The quantitative estimate of drug-likeness (QED) is 0.506. The number of rotatable bonds is 4. The molecule has 9 heteroatoms. The summed E-state index contributed by atoms with van der Waals surface area (Å²) in [6.07, 6.45) is 3.02.